The number of methoxy groups -OCH3 is 1. The molecule has 2 amide bonds. The molecule has 1 aliphatic heterocycles. The fourth-order valence-corrected chi connectivity index (χ4v) is 2.90. The quantitative estimate of drug-likeness (QED) is 0.457. The average molecular weight is 373 g/mol. The zero-order valence-electron chi connectivity index (χ0n) is 13.6. The maximum Gasteiger partial charge on any atom is 0.273 e. The summed E-state index contributed by atoms with van der Waals surface area (Å²) in [6.45, 7) is 0.0639. The van der Waals surface area contributed by atoms with E-state index in [0.717, 1.165) is 10.5 Å². The Labute approximate surface area is 153 Å². The van der Waals surface area contributed by atoms with E-state index >= 15 is 0 Å². The molecule has 1 heterocycles. The van der Waals surface area contributed by atoms with Gasteiger partial charge in [-0.15, -0.1) is 0 Å². The molecule has 26 heavy (non-hydrogen) atoms. The number of carbonyl (C=O) groups is 2. The summed E-state index contributed by atoms with van der Waals surface area (Å²) in [4.78, 5) is 36.3. The standard InChI is InChI=1S/C18H13ClN2O5/c1-26-14-8-2-11(3-9-14)10-20-17(22)15(16(19)18(20)23)12-4-6-13(7-5-12)21(24)25/h2-9H,10H2,1H3. The van der Waals surface area contributed by atoms with E-state index in [1.54, 1.807) is 31.4 Å². The first-order valence-electron chi connectivity index (χ1n) is 7.56. The third kappa shape index (κ3) is 3.16. The molecule has 2 aromatic carbocycles. The van der Waals surface area contributed by atoms with Crippen LogP contribution in [-0.4, -0.2) is 28.7 Å². The fraction of sp³-hybridized carbons (Fsp3) is 0.111. The molecule has 132 valence electrons. The number of nitrogens with zero attached hydrogens (tertiary/aromatic N) is 2. The van der Waals surface area contributed by atoms with Crippen LogP contribution in [0.25, 0.3) is 5.57 Å². The Morgan fingerprint density at radius 3 is 2.19 bits per heavy atom. The number of ether oxygens (including phenoxy) is 1. The van der Waals surface area contributed by atoms with E-state index < -0.39 is 16.7 Å². The highest BCUT2D eigenvalue weighted by Crippen LogP contribution is 2.33. The highest BCUT2D eigenvalue weighted by Gasteiger charge is 2.38. The summed E-state index contributed by atoms with van der Waals surface area (Å²) in [5.41, 5.74) is 1.02. The SMILES string of the molecule is COc1ccc(CN2C(=O)C(Cl)=C(c3ccc([N+](=O)[O-])cc3)C2=O)cc1. The fourth-order valence-electron chi connectivity index (χ4n) is 2.60. The Morgan fingerprint density at radius 1 is 1.04 bits per heavy atom. The first-order valence-corrected chi connectivity index (χ1v) is 7.94. The van der Waals surface area contributed by atoms with Gasteiger partial charge in [-0.3, -0.25) is 24.6 Å². The molecule has 3 rings (SSSR count). The monoisotopic (exact) mass is 372 g/mol. The Bertz CT molecular complexity index is 920. The average Bonchev–Trinajstić information content (AvgIpc) is 2.86. The predicted molar refractivity (Wildman–Crippen MR) is 94.4 cm³/mol. The van der Waals surface area contributed by atoms with Gasteiger partial charge in [-0.25, -0.2) is 0 Å². The maximum absolute atomic E-state index is 12.7. The van der Waals surface area contributed by atoms with Gasteiger partial charge in [0.05, 0.1) is 24.2 Å². The molecule has 0 bridgehead atoms. The Balaban J connectivity index is 1.85. The minimum atomic E-state index is -0.596. The van der Waals surface area contributed by atoms with Crippen molar-refractivity contribution in [2.75, 3.05) is 7.11 Å². The van der Waals surface area contributed by atoms with Gasteiger partial charge in [0.1, 0.15) is 10.8 Å². The maximum atomic E-state index is 12.7. The van der Waals surface area contributed by atoms with Crippen molar-refractivity contribution < 1.29 is 19.2 Å². The molecule has 8 heteroatoms. The van der Waals surface area contributed by atoms with Crippen LogP contribution in [0.1, 0.15) is 11.1 Å². The number of nitro groups is 1. The normalized spacial score (nSPS) is 14.2. The van der Waals surface area contributed by atoms with Crippen molar-refractivity contribution in [3.63, 3.8) is 0 Å². The molecule has 2 aromatic rings. The van der Waals surface area contributed by atoms with Crippen molar-refractivity contribution in [1.29, 1.82) is 0 Å². The van der Waals surface area contributed by atoms with Crippen LogP contribution in [0.5, 0.6) is 5.75 Å². The van der Waals surface area contributed by atoms with Crippen LogP contribution in [0.2, 0.25) is 0 Å². The summed E-state index contributed by atoms with van der Waals surface area (Å²) < 4.78 is 5.08. The molecule has 0 N–H and O–H groups in total. The van der Waals surface area contributed by atoms with E-state index in [0.29, 0.717) is 11.3 Å². The molecular weight excluding hydrogens is 360 g/mol. The third-order valence-electron chi connectivity index (χ3n) is 3.98. The molecule has 1 aliphatic rings. The van der Waals surface area contributed by atoms with E-state index in [2.05, 4.69) is 0 Å². The summed E-state index contributed by atoms with van der Waals surface area (Å²) in [5.74, 6) is -0.471. The van der Waals surface area contributed by atoms with Gasteiger partial charge in [0.2, 0.25) is 0 Å². The van der Waals surface area contributed by atoms with Crippen LogP contribution in [0.3, 0.4) is 0 Å². The summed E-state index contributed by atoms with van der Waals surface area (Å²) in [7, 11) is 1.54. The molecule has 0 fully saturated rings. The van der Waals surface area contributed by atoms with E-state index in [1.807, 2.05) is 0 Å². The number of halogens is 1. The van der Waals surface area contributed by atoms with Crippen LogP contribution >= 0.6 is 11.6 Å². The number of imide groups is 1. The molecule has 0 atom stereocenters. The largest absolute Gasteiger partial charge is 0.497 e. The second kappa shape index (κ2) is 6.97. The van der Waals surface area contributed by atoms with Gasteiger partial charge < -0.3 is 4.74 Å². The van der Waals surface area contributed by atoms with Crippen molar-refractivity contribution in [2.24, 2.45) is 0 Å². The smallest absolute Gasteiger partial charge is 0.273 e. The predicted octanol–water partition coefficient (Wildman–Crippen LogP) is 3.12. The number of non-ortho nitro benzene ring substituents is 1. The van der Waals surface area contributed by atoms with Crippen LogP contribution < -0.4 is 4.74 Å². The lowest BCUT2D eigenvalue weighted by molar-refractivity contribution is -0.384. The number of amides is 2. The van der Waals surface area contributed by atoms with Crippen LogP contribution in [0.4, 0.5) is 5.69 Å². The number of hydrogen-bond acceptors (Lipinski definition) is 5. The zero-order valence-corrected chi connectivity index (χ0v) is 14.4. The molecule has 0 spiro atoms. The molecular formula is C18H13ClN2O5. The summed E-state index contributed by atoms with van der Waals surface area (Å²) in [5, 5.41) is 10.5. The van der Waals surface area contributed by atoms with Gasteiger partial charge in [-0.05, 0) is 35.4 Å². The minimum absolute atomic E-state index is 0.0417. The van der Waals surface area contributed by atoms with E-state index in [9.17, 15) is 19.7 Å². The highest BCUT2D eigenvalue weighted by atomic mass is 35.5. The molecule has 0 saturated heterocycles. The molecule has 7 nitrogen and oxygen atoms in total. The summed E-state index contributed by atoms with van der Waals surface area (Å²) in [6.07, 6.45) is 0. The number of nitro benzene ring substituents is 1. The topological polar surface area (TPSA) is 89.8 Å². The van der Waals surface area contributed by atoms with Crippen LogP contribution in [-0.2, 0) is 16.1 Å². The highest BCUT2D eigenvalue weighted by molar-refractivity contribution is 6.55. The number of rotatable bonds is 5. The Morgan fingerprint density at radius 2 is 1.65 bits per heavy atom. The Kier molecular flexibility index (Phi) is 4.73. The molecule has 0 aliphatic carbocycles. The number of hydrogen-bond donors (Lipinski definition) is 0. The number of benzene rings is 2. The van der Waals surface area contributed by atoms with Crippen molar-refractivity contribution in [2.45, 2.75) is 6.54 Å². The van der Waals surface area contributed by atoms with Crippen molar-refractivity contribution in [3.8, 4) is 5.75 Å². The van der Waals surface area contributed by atoms with E-state index in [1.165, 1.54) is 24.3 Å². The van der Waals surface area contributed by atoms with E-state index in [-0.39, 0.29) is 22.8 Å². The zero-order chi connectivity index (χ0) is 18.8. The number of carbonyl (C=O) groups excluding carboxylic acids is 2. The molecule has 0 radical (unpaired) electrons. The second-order valence-corrected chi connectivity index (χ2v) is 5.92. The lowest BCUT2D eigenvalue weighted by Gasteiger charge is -2.15. The molecule has 0 aromatic heterocycles. The van der Waals surface area contributed by atoms with Crippen molar-refractivity contribution in [3.05, 3.63) is 74.8 Å². The van der Waals surface area contributed by atoms with Gasteiger partial charge in [-0.1, -0.05) is 23.7 Å². The molecule has 0 saturated carbocycles. The minimum Gasteiger partial charge on any atom is -0.497 e. The van der Waals surface area contributed by atoms with Crippen LogP contribution in [0.15, 0.2) is 53.6 Å². The third-order valence-corrected chi connectivity index (χ3v) is 4.33. The molecule has 0 unspecified atom stereocenters. The van der Waals surface area contributed by atoms with Gasteiger partial charge >= 0.3 is 0 Å². The summed E-state index contributed by atoms with van der Waals surface area (Å²) in [6, 6.07) is 12.3. The summed E-state index contributed by atoms with van der Waals surface area (Å²) >= 11 is 6.08. The van der Waals surface area contributed by atoms with Gasteiger partial charge in [0, 0.05) is 12.1 Å². The van der Waals surface area contributed by atoms with Crippen molar-refractivity contribution >= 4 is 34.7 Å². The van der Waals surface area contributed by atoms with Gasteiger partial charge in [0.25, 0.3) is 17.5 Å². The first-order chi connectivity index (χ1) is 12.4. The van der Waals surface area contributed by atoms with Crippen molar-refractivity contribution in [1.82, 2.24) is 4.90 Å². The van der Waals surface area contributed by atoms with E-state index in [4.69, 9.17) is 16.3 Å². The van der Waals surface area contributed by atoms with Gasteiger partial charge in [-0.2, -0.15) is 0 Å². The van der Waals surface area contributed by atoms with Gasteiger partial charge in [0.15, 0.2) is 0 Å². The lowest BCUT2D eigenvalue weighted by atomic mass is 10.1. The van der Waals surface area contributed by atoms with Crippen LogP contribution in [0, 0.1) is 10.1 Å². The second-order valence-electron chi connectivity index (χ2n) is 5.54. The Hall–Kier alpha value is -3.19. The lowest BCUT2D eigenvalue weighted by Crippen LogP contribution is -2.30. The first kappa shape index (κ1) is 17.6.